The Morgan fingerprint density at radius 3 is 0.869 bits per heavy atom. The summed E-state index contributed by atoms with van der Waals surface area (Å²) < 4.78 is 24.7. The average Bonchev–Trinajstić information content (AvgIpc) is 1.59. The summed E-state index contributed by atoms with van der Waals surface area (Å²) in [5, 5.41) is 32.9. The van der Waals surface area contributed by atoms with Crippen molar-refractivity contribution >= 4 is 215 Å². The van der Waals surface area contributed by atoms with Crippen LogP contribution < -0.4 is 133 Å². The van der Waals surface area contributed by atoms with E-state index in [4.69, 9.17) is 63.0 Å². The second-order valence-corrected chi connectivity index (χ2v) is 44.2. The van der Waals surface area contributed by atoms with E-state index in [9.17, 15) is 0 Å². The van der Waals surface area contributed by atoms with Crippen LogP contribution in [0.5, 0.6) is 0 Å². The Hall–Kier alpha value is -11.2. The van der Waals surface area contributed by atoms with Gasteiger partial charge >= 0.3 is 66.2 Å². The van der Waals surface area contributed by atoms with Crippen molar-refractivity contribution in [3.63, 3.8) is 0 Å². The molecule has 0 aliphatic carbocycles. The summed E-state index contributed by atoms with van der Waals surface area (Å²) in [6, 6.07) is 157. The van der Waals surface area contributed by atoms with Crippen molar-refractivity contribution in [1.82, 2.24) is 29.9 Å². The number of carbonyl (C=O) groups is 1. The van der Waals surface area contributed by atoms with Gasteiger partial charge in [0.05, 0.1) is 27.9 Å². The summed E-state index contributed by atoms with van der Waals surface area (Å²) in [5.74, 6) is 0. The number of hydrogen-bond donors (Lipinski definition) is 0. The van der Waals surface area contributed by atoms with Crippen molar-refractivity contribution in [3.8, 4) is 11.3 Å². The van der Waals surface area contributed by atoms with E-state index in [1.165, 1.54) is 70.0 Å². The van der Waals surface area contributed by atoms with Crippen LogP contribution in [0.4, 0.5) is 0 Å². The number of halogens is 3. The maximum absolute atomic E-state index is 8.64. The first-order chi connectivity index (χ1) is 69.3. The molecule has 0 bridgehead atoms. The van der Waals surface area contributed by atoms with Crippen molar-refractivity contribution in [2.24, 2.45) is 0 Å². The van der Waals surface area contributed by atoms with Gasteiger partial charge in [-0.15, -0.1) is 0 Å². The fourth-order valence-corrected chi connectivity index (χ4v) is 26.1. The molecule has 0 amide bonds. The van der Waals surface area contributed by atoms with Crippen LogP contribution in [0.3, 0.4) is 0 Å². The van der Waals surface area contributed by atoms with Gasteiger partial charge in [0.15, 0.2) is 0 Å². The maximum Gasteiger partial charge on any atom is 1.00 e. The van der Waals surface area contributed by atoms with E-state index in [2.05, 4.69) is 477 Å². The third kappa shape index (κ3) is 28.8. The molecule has 7 heterocycles. The average molecular weight is 2150 g/mol. The minimum Gasteiger partial charge on any atom is -1.00 e. The van der Waals surface area contributed by atoms with Crippen LogP contribution in [-0.4, -0.2) is 54.7 Å². The summed E-state index contributed by atoms with van der Waals surface area (Å²) in [4.78, 5) is 37.1. The quantitative estimate of drug-likeness (QED) is 0.0237. The van der Waals surface area contributed by atoms with E-state index >= 15 is 0 Å². The van der Waals surface area contributed by atoms with Crippen molar-refractivity contribution in [3.05, 3.63) is 499 Å². The molecular weight excluding hydrogens is 2040 g/mol. The van der Waals surface area contributed by atoms with Crippen LogP contribution in [0.2, 0.25) is 15.2 Å². The third-order valence-corrected chi connectivity index (χ3v) is 34.1. The van der Waals surface area contributed by atoms with Crippen LogP contribution in [0, 0.1) is 27.7 Å². The predicted molar refractivity (Wildman–Crippen MR) is 600 cm³/mol. The van der Waals surface area contributed by atoms with Gasteiger partial charge in [0.1, 0.15) is 29.0 Å². The van der Waals surface area contributed by atoms with E-state index in [1.54, 1.807) is 24.5 Å². The van der Waals surface area contributed by atoms with Crippen LogP contribution in [0.25, 0.3) is 77.2 Å². The molecule has 0 N–H and O–H groups in total. The molecule has 1 fully saturated rings. The molecule has 145 heavy (non-hydrogen) atoms. The summed E-state index contributed by atoms with van der Waals surface area (Å²) in [6.45, 7) is 16.1. The van der Waals surface area contributed by atoms with Crippen LogP contribution in [0.15, 0.2) is 470 Å². The summed E-state index contributed by atoms with van der Waals surface area (Å²) >= 11 is 17.7. The monoisotopic (exact) mass is 2140 g/mol. The SMILES string of the molecule is Cc1cc(-c2ncnc3cc(Cl)ccc23)c2oc3nc(C)ccc3c2c1.Cc1cc(B2OC(C)(C)C(C)(C)O2)c2oc3nc(C)ccc3c2c1.Clc1ccc2c(Cl)ncnc2c1.O=CO[O-].[H-].[Na+].[Na+].[Pd].c1ccc(P(c2ccccc2)c2ccccc2)cc1.c1ccc(P(c2ccccc2)c2ccccc2)cc1.c1ccc(P(c2ccccc2)c2ccccc2)cc1.c1ccc(P(c2ccccc2)c2ccccc2)cc1. The predicted octanol–water partition coefficient (Wildman–Crippen LogP) is 19.0. The zero-order valence-corrected chi connectivity index (χ0v) is 93.2. The number of hydrogen-bond acceptors (Lipinski definition) is 13. The van der Waals surface area contributed by atoms with Gasteiger partial charge in [-0.2, -0.15) is 0 Å². The normalized spacial score (nSPS) is 11.9. The molecule has 0 spiro atoms. The number of fused-ring (bicyclic) bond motifs is 8. The van der Waals surface area contributed by atoms with Crippen LogP contribution >= 0.6 is 66.5 Å². The number of rotatable bonds is 15. The van der Waals surface area contributed by atoms with Gasteiger partial charge in [-0.05, 0) is 235 Å². The first-order valence-corrected chi connectivity index (χ1v) is 52.7. The number of furan rings is 2. The molecule has 714 valence electrons. The van der Waals surface area contributed by atoms with Gasteiger partial charge in [-0.25, -0.2) is 29.9 Å². The molecule has 16 aromatic carbocycles. The van der Waals surface area contributed by atoms with Gasteiger partial charge in [0.25, 0.3) is 6.47 Å². The Balaban J connectivity index is 0.000000151. The molecule has 1 aliphatic rings. The molecule has 23 rings (SSSR count). The molecule has 0 radical (unpaired) electrons. The second-order valence-electron chi connectivity index (χ2n) is 34.1. The molecular formula is C121H102BCl3N6Na2O7P4Pd. The van der Waals surface area contributed by atoms with Gasteiger partial charge in [0, 0.05) is 85.2 Å². The fourth-order valence-electron chi connectivity index (χ4n) is 16.3. The number of aromatic nitrogens is 6. The van der Waals surface area contributed by atoms with E-state index < -0.39 is 38.8 Å². The zero-order chi connectivity index (χ0) is 98.7. The third-order valence-electron chi connectivity index (χ3n) is 23.6. The number of aryl methyl sites for hydroxylation is 4. The molecule has 0 saturated carbocycles. The number of nitrogens with zero attached hydrogens (tertiary/aromatic N) is 6. The van der Waals surface area contributed by atoms with Gasteiger partial charge in [0.2, 0.25) is 11.4 Å². The van der Waals surface area contributed by atoms with Crippen LogP contribution in [-0.2, 0) is 39.4 Å². The van der Waals surface area contributed by atoms with E-state index in [-0.39, 0.29) is 98.6 Å². The molecule has 6 aromatic heterocycles. The minimum absolute atomic E-state index is 0. The van der Waals surface area contributed by atoms with Crippen LogP contribution in [0.1, 0.15) is 51.6 Å². The molecule has 1 aliphatic heterocycles. The molecule has 1 saturated heterocycles. The number of carbonyl (C=O) groups excluding carboxylic acids is 1. The Bertz CT molecular complexity index is 7010. The molecule has 0 unspecified atom stereocenters. The minimum atomic E-state index is -0.446. The van der Waals surface area contributed by atoms with Gasteiger partial charge < -0.3 is 29.7 Å². The molecule has 24 heteroatoms. The second kappa shape index (κ2) is 54.4. The summed E-state index contributed by atoms with van der Waals surface area (Å²) in [6.07, 6.45) is 2.98. The topological polar surface area (TPSA) is 171 Å². The standard InChI is InChI=1S/C21H14ClN3O.C19H22BNO3.4C18H15P.C8H4Cl2N2.CH2O3.2Na.Pd.H/c1-11-7-16-14-5-3-12(2)25-21(14)26-20(16)17(8-11)19-15-6-4-13(22)9-18(15)23-10-24-19;1-11-9-14-13-8-7-12(2)21-17(13)22-16(14)15(10-11)20-23-18(3,4)19(5,6)24-20;4*1-4-10-16(11-5-1)19(17-12-6-2-7-13-17)18-14-8-3-9-15-18;9-5-1-2-6-7(3-5)11-4-12-8(6)10;2-1-4-3;;;;/h3-10H,1-2H3;7-10H,1-6H3;4*1-15H;1-4H;1,3H;;;;/q;;;;;;;;2*+1;;-1/p-1. The van der Waals surface area contributed by atoms with E-state index in [0.717, 1.165) is 93.8 Å². The smallest absolute Gasteiger partial charge is 1.00 e. The van der Waals surface area contributed by atoms with Gasteiger partial charge in [-0.1, -0.05) is 410 Å². The Kier molecular flexibility index (Phi) is 41.7. The number of benzene rings is 16. The molecule has 22 aromatic rings. The van der Waals surface area contributed by atoms with E-state index in [0.29, 0.717) is 26.6 Å². The Morgan fingerprint density at radius 1 is 0.317 bits per heavy atom. The van der Waals surface area contributed by atoms with Crippen molar-refractivity contribution in [1.29, 1.82) is 0 Å². The molecule has 0 atom stereocenters. The first-order valence-electron chi connectivity index (χ1n) is 46.2. The van der Waals surface area contributed by atoms with Crippen molar-refractivity contribution in [2.75, 3.05) is 0 Å². The Labute approximate surface area is 926 Å². The fraction of sp³-hybridized carbons (Fsp3) is 0.0826. The summed E-state index contributed by atoms with van der Waals surface area (Å²) in [7, 11) is -2.23. The van der Waals surface area contributed by atoms with Crippen molar-refractivity contribution < 1.29 is 114 Å². The maximum atomic E-state index is 8.64. The van der Waals surface area contributed by atoms with E-state index in [1.807, 2.05) is 44.2 Å². The Morgan fingerprint density at radius 2 is 0.572 bits per heavy atom. The molecule has 13 nitrogen and oxygen atoms in total. The summed E-state index contributed by atoms with van der Waals surface area (Å²) in [5.41, 5.74) is 10.6. The zero-order valence-electron chi connectivity index (χ0n) is 82.8. The van der Waals surface area contributed by atoms with Crippen molar-refractivity contribution in [2.45, 2.75) is 66.6 Å². The van der Waals surface area contributed by atoms with Gasteiger partial charge in [-0.3, -0.25) is 4.79 Å². The largest absolute Gasteiger partial charge is 1.00 e. The number of pyridine rings is 2. The first kappa shape index (κ1) is 111.